The van der Waals surface area contributed by atoms with Crippen LogP contribution in [0.15, 0.2) is 6.20 Å². The Balaban J connectivity index is 1.61. The number of nitrogens with zero attached hydrogens (tertiary/aromatic N) is 2. The molecule has 0 fully saturated rings. The Hall–Kier alpha value is -1.66. The summed E-state index contributed by atoms with van der Waals surface area (Å²) >= 11 is 0. The van der Waals surface area contributed by atoms with Crippen LogP contribution in [0.2, 0.25) is 0 Å². The van der Waals surface area contributed by atoms with Gasteiger partial charge in [-0.3, -0.25) is 9.78 Å². The first-order chi connectivity index (χ1) is 16.6. The quantitative estimate of drug-likeness (QED) is 0.135. The molecule has 0 aliphatic carbocycles. The van der Waals surface area contributed by atoms with E-state index in [0.29, 0.717) is 24.1 Å². The second-order valence-corrected chi connectivity index (χ2v) is 11.3. The molecule has 0 atom stereocenters. The Morgan fingerprint density at radius 2 is 1.63 bits per heavy atom. The molecule has 1 aliphatic heterocycles. The van der Waals surface area contributed by atoms with Crippen LogP contribution in [0.25, 0.3) is 0 Å². The fourth-order valence-electron chi connectivity index (χ4n) is 4.58. The predicted molar refractivity (Wildman–Crippen MR) is 141 cm³/mol. The predicted octanol–water partition coefficient (Wildman–Crippen LogP) is 6.86. The van der Waals surface area contributed by atoms with Gasteiger partial charge in [-0.2, -0.15) is 0 Å². The van der Waals surface area contributed by atoms with Crippen LogP contribution in [0, 0.1) is 6.92 Å². The van der Waals surface area contributed by atoms with Gasteiger partial charge < -0.3 is 18.7 Å². The number of fused-ring (bicyclic) bond motifs is 1. The largest absolute Gasteiger partial charge is 0.461 e. The standard InChI is InChI=1S/C29H51N2O4/c1-7-8-9-10-11-12-13-14-15-16-17-18-27(32)33-20-19-31(5,6)22-25-21-30-24(2)28-26(25)23-34-29(3,4)35-28/h21H,7-20,22-23H2,1-6H3/q+1. The van der Waals surface area contributed by atoms with Crippen LogP contribution in [-0.4, -0.2) is 48.5 Å². The van der Waals surface area contributed by atoms with Gasteiger partial charge >= 0.3 is 5.97 Å². The second-order valence-electron chi connectivity index (χ2n) is 11.3. The van der Waals surface area contributed by atoms with E-state index in [0.717, 1.165) is 48.5 Å². The molecule has 1 aromatic rings. The van der Waals surface area contributed by atoms with Crippen LogP contribution in [0.5, 0.6) is 5.75 Å². The fraction of sp³-hybridized carbons (Fsp3) is 0.793. The van der Waals surface area contributed by atoms with Crippen LogP contribution >= 0.6 is 0 Å². The maximum absolute atomic E-state index is 12.2. The Labute approximate surface area is 214 Å². The molecule has 2 rings (SSSR count). The number of aryl methyl sites for hydroxylation is 1. The molecule has 0 amide bonds. The molecule has 0 aromatic carbocycles. The summed E-state index contributed by atoms with van der Waals surface area (Å²) in [6.07, 6.45) is 16.6. The Morgan fingerprint density at radius 3 is 2.26 bits per heavy atom. The summed E-state index contributed by atoms with van der Waals surface area (Å²) in [5.74, 6) is 0.140. The molecule has 1 aliphatic rings. The monoisotopic (exact) mass is 491 g/mol. The number of hydrogen-bond donors (Lipinski definition) is 0. The van der Waals surface area contributed by atoms with Crippen LogP contribution in [0.3, 0.4) is 0 Å². The molecule has 0 N–H and O–H groups in total. The van der Waals surface area contributed by atoms with Gasteiger partial charge in [0.1, 0.15) is 25.4 Å². The number of unbranched alkanes of at least 4 members (excludes halogenated alkanes) is 10. The van der Waals surface area contributed by atoms with Gasteiger partial charge in [0.05, 0.1) is 26.4 Å². The average molecular weight is 492 g/mol. The summed E-state index contributed by atoms with van der Waals surface area (Å²) in [6, 6.07) is 0. The summed E-state index contributed by atoms with van der Waals surface area (Å²) in [5, 5.41) is 0. The van der Waals surface area contributed by atoms with Gasteiger partial charge in [0.2, 0.25) is 5.79 Å². The zero-order valence-electron chi connectivity index (χ0n) is 23.4. The van der Waals surface area contributed by atoms with E-state index in [9.17, 15) is 4.79 Å². The molecule has 0 saturated carbocycles. The van der Waals surface area contributed by atoms with E-state index in [1.807, 2.05) is 27.0 Å². The summed E-state index contributed by atoms with van der Waals surface area (Å²) in [4.78, 5) is 16.7. The van der Waals surface area contributed by atoms with E-state index >= 15 is 0 Å². The third kappa shape index (κ3) is 11.3. The molecule has 200 valence electrons. The number of rotatable bonds is 17. The highest BCUT2D eigenvalue weighted by Crippen LogP contribution is 2.35. The third-order valence-corrected chi connectivity index (χ3v) is 6.86. The average Bonchev–Trinajstić information content (AvgIpc) is 2.78. The topological polar surface area (TPSA) is 57.7 Å². The Bertz CT molecular complexity index is 776. The highest BCUT2D eigenvalue weighted by Gasteiger charge is 2.32. The Morgan fingerprint density at radius 1 is 1.03 bits per heavy atom. The maximum atomic E-state index is 12.2. The van der Waals surface area contributed by atoms with E-state index in [1.165, 1.54) is 57.8 Å². The van der Waals surface area contributed by atoms with Crippen LogP contribution in [0.1, 0.15) is 115 Å². The summed E-state index contributed by atoms with van der Waals surface area (Å²) < 4.78 is 18.2. The number of carbonyl (C=O) groups is 1. The van der Waals surface area contributed by atoms with Crippen molar-refractivity contribution in [2.75, 3.05) is 27.2 Å². The summed E-state index contributed by atoms with van der Waals surface area (Å²) in [5.41, 5.74) is 3.09. The fourth-order valence-corrected chi connectivity index (χ4v) is 4.58. The van der Waals surface area contributed by atoms with E-state index in [1.54, 1.807) is 0 Å². The minimum Gasteiger partial charge on any atom is -0.461 e. The van der Waals surface area contributed by atoms with Crippen molar-refractivity contribution in [2.24, 2.45) is 0 Å². The van der Waals surface area contributed by atoms with Crippen molar-refractivity contribution >= 4 is 5.97 Å². The molecule has 6 nitrogen and oxygen atoms in total. The molecule has 35 heavy (non-hydrogen) atoms. The van der Waals surface area contributed by atoms with Crippen molar-refractivity contribution in [1.29, 1.82) is 0 Å². The molecule has 6 heteroatoms. The molecule has 1 aromatic heterocycles. The molecule has 0 saturated heterocycles. The van der Waals surface area contributed by atoms with E-state index in [4.69, 9.17) is 14.2 Å². The van der Waals surface area contributed by atoms with Gasteiger partial charge in [0.15, 0.2) is 0 Å². The normalized spacial score (nSPS) is 14.9. The van der Waals surface area contributed by atoms with Gasteiger partial charge in [-0.1, -0.05) is 71.1 Å². The summed E-state index contributed by atoms with van der Waals surface area (Å²) in [6.45, 7) is 10.6. The lowest BCUT2D eigenvalue weighted by Gasteiger charge is -2.35. The first-order valence-electron chi connectivity index (χ1n) is 13.9. The van der Waals surface area contributed by atoms with Crippen molar-refractivity contribution in [3.63, 3.8) is 0 Å². The lowest BCUT2D eigenvalue weighted by Crippen LogP contribution is -2.43. The molecular weight excluding hydrogens is 440 g/mol. The highest BCUT2D eigenvalue weighted by atomic mass is 16.7. The molecule has 2 heterocycles. The van der Waals surface area contributed by atoms with E-state index in [2.05, 4.69) is 26.0 Å². The van der Waals surface area contributed by atoms with Crippen molar-refractivity contribution in [3.8, 4) is 5.75 Å². The Kier molecular flexibility index (Phi) is 12.5. The smallest absolute Gasteiger partial charge is 0.305 e. The number of hydrogen-bond acceptors (Lipinski definition) is 5. The van der Waals surface area contributed by atoms with Gasteiger partial charge in [-0.05, 0) is 13.3 Å². The minimum atomic E-state index is -0.634. The van der Waals surface area contributed by atoms with Crippen molar-refractivity contribution in [3.05, 3.63) is 23.0 Å². The lowest BCUT2D eigenvalue weighted by molar-refractivity contribution is -0.903. The molecule has 0 spiro atoms. The molecular formula is C29H51N2O4+. The van der Waals surface area contributed by atoms with Crippen LogP contribution in [-0.2, 0) is 27.4 Å². The number of aromatic nitrogens is 1. The lowest BCUT2D eigenvalue weighted by atomic mass is 10.1. The van der Waals surface area contributed by atoms with Crippen molar-refractivity contribution in [2.45, 2.75) is 124 Å². The SMILES string of the molecule is CCCCCCCCCCCCCC(=O)OCC[N+](C)(C)Cc1cnc(C)c2c1COC(C)(C)O2. The van der Waals surface area contributed by atoms with Gasteiger partial charge in [0.25, 0.3) is 0 Å². The first kappa shape index (κ1) is 29.6. The number of quaternary nitrogens is 1. The molecule has 0 radical (unpaired) electrons. The van der Waals surface area contributed by atoms with Gasteiger partial charge in [-0.15, -0.1) is 0 Å². The van der Waals surface area contributed by atoms with E-state index < -0.39 is 5.79 Å². The van der Waals surface area contributed by atoms with Gasteiger partial charge in [0, 0.05) is 37.6 Å². The van der Waals surface area contributed by atoms with Gasteiger partial charge in [-0.25, -0.2) is 0 Å². The molecule has 0 bridgehead atoms. The first-order valence-corrected chi connectivity index (χ1v) is 13.9. The van der Waals surface area contributed by atoms with Crippen LogP contribution < -0.4 is 4.74 Å². The summed E-state index contributed by atoms with van der Waals surface area (Å²) in [7, 11) is 4.30. The molecule has 0 unspecified atom stereocenters. The number of esters is 1. The van der Waals surface area contributed by atoms with Crippen LogP contribution in [0.4, 0.5) is 0 Å². The number of carbonyl (C=O) groups excluding carboxylic acids is 1. The number of pyridine rings is 1. The second kappa shape index (κ2) is 14.8. The zero-order valence-corrected chi connectivity index (χ0v) is 23.4. The minimum absolute atomic E-state index is 0.0701. The maximum Gasteiger partial charge on any atom is 0.305 e. The number of likely N-dealkylation sites (N-methyl/N-ethyl adjacent to an activating group) is 1. The third-order valence-electron chi connectivity index (χ3n) is 6.86. The van der Waals surface area contributed by atoms with E-state index in [-0.39, 0.29) is 5.97 Å². The number of ether oxygens (including phenoxy) is 3. The van der Waals surface area contributed by atoms with Crippen molar-refractivity contribution < 1.29 is 23.5 Å². The highest BCUT2D eigenvalue weighted by molar-refractivity contribution is 5.69. The van der Waals surface area contributed by atoms with Crippen molar-refractivity contribution in [1.82, 2.24) is 4.98 Å². The zero-order chi connectivity index (χ0) is 25.7.